The van der Waals surface area contributed by atoms with Crippen molar-refractivity contribution in [3.8, 4) is 5.88 Å². The predicted molar refractivity (Wildman–Crippen MR) is 29.7 cm³/mol. The summed E-state index contributed by atoms with van der Waals surface area (Å²) in [4.78, 5) is 0. The number of alkyl halides is 1. The first-order chi connectivity index (χ1) is 4.24. The van der Waals surface area contributed by atoms with E-state index in [0.29, 0.717) is 0 Å². The molecule has 0 radical (unpaired) electrons. The SMILES string of the molecule is Cn1nc(CF)cc1O. The molecule has 1 aromatic heterocycles. The minimum atomic E-state index is -0.631. The van der Waals surface area contributed by atoms with Crippen LogP contribution in [0, 0.1) is 0 Å². The molecule has 0 amide bonds. The summed E-state index contributed by atoms with van der Waals surface area (Å²) >= 11 is 0. The number of nitrogens with zero attached hydrogens (tertiary/aromatic N) is 2. The first-order valence-electron chi connectivity index (χ1n) is 2.52. The average molecular weight is 130 g/mol. The Labute approximate surface area is 51.7 Å². The second-order valence-corrected chi connectivity index (χ2v) is 1.75. The van der Waals surface area contributed by atoms with Gasteiger partial charge in [-0.05, 0) is 0 Å². The zero-order valence-electron chi connectivity index (χ0n) is 5.00. The van der Waals surface area contributed by atoms with Gasteiger partial charge in [-0.3, -0.25) is 0 Å². The van der Waals surface area contributed by atoms with Crippen LogP contribution in [0.15, 0.2) is 6.07 Å². The fourth-order valence-corrected chi connectivity index (χ4v) is 0.581. The lowest BCUT2D eigenvalue weighted by Crippen LogP contribution is -1.89. The van der Waals surface area contributed by atoms with E-state index in [1.165, 1.54) is 10.7 Å². The Morgan fingerprint density at radius 2 is 2.56 bits per heavy atom. The molecular weight excluding hydrogens is 123 g/mol. The van der Waals surface area contributed by atoms with Crippen molar-refractivity contribution in [2.75, 3.05) is 0 Å². The molecule has 0 spiro atoms. The first kappa shape index (κ1) is 6.07. The largest absolute Gasteiger partial charge is 0.493 e. The normalized spacial score (nSPS) is 10.0. The van der Waals surface area contributed by atoms with Crippen LogP contribution in [0.25, 0.3) is 0 Å². The lowest BCUT2D eigenvalue weighted by Gasteiger charge is -1.86. The van der Waals surface area contributed by atoms with Crippen LogP contribution in [0.3, 0.4) is 0 Å². The summed E-state index contributed by atoms with van der Waals surface area (Å²) in [7, 11) is 1.55. The molecule has 1 aromatic rings. The Hall–Kier alpha value is -1.06. The third-order valence-electron chi connectivity index (χ3n) is 1.04. The highest BCUT2D eigenvalue weighted by Crippen LogP contribution is 2.09. The summed E-state index contributed by atoms with van der Waals surface area (Å²) in [6.45, 7) is -0.631. The zero-order valence-corrected chi connectivity index (χ0v) is 5.00. The highest BCUT2D eigenvalue weighted by atomic mass is 19.1. The Morgan fingerprint density at radius 1 is 1.89 bits per heavy atom. The van der Waals surface area contributed by atoms with Crippen molar-refractivity contribution >= 4 is 0 Å². The second-order valence-electron chi connectivity index (χ2n) is 1.75. The van der Waals surface area contributed by atoms with E-state index in [-0.39, 0.29) is 11.6 Å². The third kappa shape index (κ3) is 1.01. The summed E-state index contributed by atoms with van der Waals surface area (Å²) in [6.07, 6.45) is 0. The molecule has 1 rings (SSSR count). The van der Waals surface area contributed by atoms with E-state index >= 15 is 0 Å². The predicted octanol–water partition coefficient (Wildman–Crippen LogP) is 0.595. The van der Waals surface area contributed by atoms with Gasteiger partial charge in [0.05, 0.1) is 5.69 Å². The van der Waals surface area contributed by atoms with Gasteiger partial charge in [-0.25, -0.2) is 9.07 Å². The third-order valence-corrected chi connectivity index (χ3v) is 1.04. The van der Waals surface area contributed by atoms with E-state index in [9.17, 15) is 4.39 Å². The van der Waals surface area contributed by atoms with Gasteiger partial charge in [0.2, 0.25) is 5.88 Å². The smallest absolute Gasteiger partial charge is 0.209 e. The van der Waals surface area contributed by atoms with Gasteiger partial charge in [0.1, 0.15) is 6.67 Å². The van der Waals surface area contributed by atoms with Crippen molar-refractivity contribution in [2.24, 2.45) is 7.05 Å². The quantitative estimate of drug-likeness (QED) is 0.604. The van der Waals surface area contributed by atoms with Gasteiger partial charge >= 0.3 is 0 Å². The van der Waals surface area contributed by atoms with Gasteiger partial charge in [-0.2, -0.15) is 5.10 Å². The Balaban J connectivity index is 2.98. The highest BCUT2D eigenvalue weighted by Gasteiger charge is 2.00. The van der Waals surface area contributed by atoms with Crippen molar-refractivity contribution in [3.05, 3.63) is 11.8 Å². The van der Waals surface area contributed by atoms with Gasteiger partial charge in [0, 0.05) is 13.1 Å². The monoisotopic (exact) mass is 130 g/mol. The van der Waals surface area contributed by atoms with Crippen LogP contribution >= 0.6 is 0 Å². The topological polar surface area (TPSA) is 38.0 Å². The minimum Gasteiger partial charge on any atom is -0.493 e. The van der Waals surface area contributed by atoms with Gasteiger partial charge in [-0.1, -0.05) is 0 Å². The Morgan fingerprint density at radius 3 is 2.78 bits per heavy atom. The van der Waals surface area contributed by atoms with Crippen molar-refractivity contribution in [1.29, 1.82) is 0 Å². The molecule has 0 unspecified atom stereocenters. The van der Waals surface area contributed by atoms with Crippen molar-refractivity contribution in [3.63, 3.8) is 0 Å². The van der Waals surface area contributed by atoms with E-state index in [1.54, 1.807) is 7.05 Å². The van der Waals surface area contributed by atoms with Gasteiger partial charge in [-0.15, -0.1) is 0 Å². The zero-order chi connectivity index (χ0) is 6.85. The number of aromatic hydroxyl groups is 1. The van der Waals surface area contributed by atoms with E-state index in [4.69, 9.17) is 5.11 Å². The van der Waals surface area contributed by atoms with Crippen LogP contribution < -0.4 is 0 Å². The molecule has 4 heteroatoms. The highest BCUT2D eigenvalue weighted by molar-refractivity contribution is 5.12. The molecule has 0 fully saturated rings. The molecule has 0 aliphatic carbocycles. The first-order valence-corrected chi connectivity index (χ1v) is 2.52. The molecule has 0 bridgehead atoms. The number of aryl methyl sites for hydroxylation is 1. The van der Waals surface area contributed by atoms with Crippen LogP contribution in [0.5, 0.6) is 5.88 Å². The van der Waals surface area contributed by atoms with Gasteiger partial charge in [0.25, 0.3) is 0 Å². The lowest BCUT2D eigenvalue weighted by atomic mass is 10.5. The molecule has 0 aliphatic heterocycles. The van der Waals surface area contributed by atoms with E-state index in [0.717, 1.165) is 0 Å². The molecule has 1 heterocycles. The molecule has 50 valence electrons. The number of aromatic nitrogens is 2. The van der Waals surface area contributed by atoms with Crippen molar-refractivity contribution in [2.45, 2.75) is 6.67 Å². The maximum atomic E-state index is 11.7. The van der Waals surface area contributed by atoms with Crippen molar-refractivity contribution < 1.29 is 9.50 Å². The molecule has 3 nitrogen and oxygen atoms in total. The summed E-state index contributed by atoms with van der Waals surface area (Å²) in [5.74, 6) is -0.0114. The van der Waals surface area contributed by atoms with Gasteiger partial charge < -0.3 is 5.11 Å². The number of hydrogen-bond acceptors (Lipinski definition) is 2. The summed E-state index contributed by atoms with van der Waals surface area (Å²) in [5.41, 5.74) is 0.259. The van der Waals surface area contributed by atoms with Crippen LogP contribution in [0.4, 0.5) is 4.39 Å². The van der Waals surface area contributed by atoms with E-state index in [2.05, 4.69) is 5.10 Å². The molecule has 0 aromatic carbocycles. The van der Waals surface area contributed by atoms with Crippen molar-refractivity contribution in [1.82, 2.24) is 9.78 Å². The number of hydrogen-bond donors (Lipinski definition) is 1. The Bertz CT molecular complexity index is 189. The summed E-state index contributed by atoms with van der Waals surface area (Å²) in [5, 5.41) is 12.4. The fraction of sp³-hybridized carbons (Fsp3) is 0.400. The van der Waals surface area contributed by atoms with Crippen LogP contribution in [-0.4, -0.2) is 14.9 Å². The van der Waals surface area contributed by atoms with Gasteiger partial charge in [0.15, 0.2) is 0 Å². The summed E-state index contributed by atoms with van der Waals surface area (Å²) < 4.78 is 12.9. The number of halogens is 1. The second kappa shape index (κ2) is 2.05. The molecule has 9 heavy (non-hydrogen) atoms. The molecule has 0 aliphatic rings. The van der Waals surface area contributed by atoms with Crippen LogP contribution in [0.2, 0.25) is 0 Å². The molecular formula is C5H7FN2O. The van der Waals surface area contributed by atoms with Crippen LogP contribution in [-0.2, 0) is 13.7 Å². The maximum absolute atomic E-state index is 11.7. The molecule has 0 saturated heterocycles. The maximum Gasteiger partial charge on any atom is 0.209 e. The average Bonchev–Trinajstić information content (AvgIpc) is 2.13. The lowest BCUT2D eigenvalue weighted by molar-refractivity contribution is 0.418. The van der Waals surface area contributed by atoms with E-state index in [1.807, 2.05) is 0 Å². The number of rotatable bonds is 1. The standard InChI is InChI=1S/C5H7FN2O/c1-8-5(9)2-4(3-6)7-8/h2,9H,3H2,1H3. The Kier molecular flexibility index (Phi) is 1.38. The van der Waals surface area contributed by atoms with E-state index < -0.39 is 6.67 Å². The molecule has 1 N–H and O–H groups in total. The summed E-state index contributed by atoms with van der Waals surface area (Å²) in [6, 6.07) is 1.29. The minimum absolute atomic E-state index is 0.0114. The molecule has 0 atom stereocenters. The van der Waals surface area contributed by atoms with Crippen LogP contribution in [0.1, 0.15) is 5.69 Å². The molecule has 0 saturated carbocycles. The fourth-order valence-electron chi connectivity index (χ4n) is 0.581.